The second kappa shape index (κ2) is 11.7. The molecule has 3 aliphatic carbocycles. The van der Waals surface area contributed by atoms with Crippen molar-refractivity contribution >= 4 is 34.6 Å². The molecule has 0 heterocycles. The number of ether oxygens (including phenoxy) is 1. The summed E-state index contributed by atoms with van der Waals surface area (Å²) in [4.78, 5) is 53.0. The topological polar surface area (TPSA) is 141 Å². The van der Waals surface area contributed by atoms with E-state index < -0.39 is 64.3 Å². The molecule has 0 bridgehead atoms. The van der Waals surface area contributed by atoms with Crippen molar-refractivity contribution in [3.63, 3.8) is 0 Å². The number of phenolic OH excluding ortho intramolecular Hbond substituents is 1. The van der Waals surface area contributed by atoms with Gasteiger partial charge in [-0.15, -0.1) is 13.2 Å². The van der Waals surface area contributed by atoms with Crippen LogP contribution in [0.25, 0.3) is 5.76 Å². The molecule has 2 aromatic carbocycles. The maximum Gasteiger partial charge on any atom is 0.573 e. The zero-order valence-corrected chi connectivity index (χ0v) is 24.8. The number of fused-ring (bicyclic) bond motifs is 3. The van der Waals surface area contributed by atoms with E-state index in [1.807, 2.05) is 0 Å². The number of alkyl halides is 3. The van der Waals surface area contributed by atoms with Gasteiger partial charge in [0, 0.05) is 44.6 Å². The quantitative estimate of drug-likeness (QED) is 0.340. The van der Waals surface area contributed by atoms with Gasteiger partial charge in [-0.1, -0.05) is 12.1 Å². The summed E-state index contributed by atoms with van der Waals surface area (Å²) < 4.78 is 41.1. The van der Waals surface area contributed by atoms with Crippen LogP contribution in [0.2, 0.25) is 0 Å². The molecule has 0 amide bonds. The van der Waals surface area contributed by atoms with Crippen molar-refractivity contribution in [2.24, 2.45) is 17.8 Å². The van der Waals surface area contributed by atoms with Crippen molar-refractivity contribution in [1.82, 2.24) is 0 Å². The maximum atomic E-state index is 13.8. The van der Waals surface area contributed by atoms with Crippen LogP contribution in [0.4, 0.5) is 18.9 Å². The zero-order chi connectivity index (χ0) is 33.0. The minimum atomic E-state index is -4.83. The predicted octanol–water partition coefficient (Wildman–Crippen LogP) is 5.12. The van der Waals surface area contributed by atoms with E-state index in [1.54, 1.807) is 25.1 Å². The third-order valence-corrected chi connectivity index (χ3v) is 8.76. The first-order valence-corrected chi connectivity index (χ1v) is 14.4. The van der Waals surface area contributed by atoms with E-state index in [9.17, 15) is 47.7 Å². The van der Waals surface area contributed by atoms with Gasteiger partial charge in [-0.3, -0.25) is 19.2 Å². The fourth-order valence-corrected chi connectivity index (χ4v) is 6.85. The monoisotopic (exact) mass is 627 g/mol. The van der Waals surface area contributed by atoms with Gasteiger partial charge >= 0.3 is 6.36 Å². The Bertz CT molecular complexity index is 1670. The Balaban J connectivity index is 1.43. The molecule has 238 valence electrons. The number of hydrogen-bond donors (Lipinski definition) is 3. The van der Waals surface area contributed by atoms with Crippen molar-refractivity contribution in [3.05, 3.63) is 69.5 Å². The van der Waals surface area contributed by atoms with Crippen molar-refractivity contribution < 1.29 is 52.4 Å². The van der Waals surface area contributed by atoms with Crippen LogP contribution >= 0.6 is 0 Å². The molecule has 3 N–H and O–H groups in total. The number of halogens is 3. The van der Waals surface area contributed by atoms with E-state index in [-0.39, 0.29) is 54.8 Å². The lowest BCUT2D eigenvalue weighted by atomic mass is 9.61. The highest BCUT2D eigenvalue weighted by molar-refractivity contribution is 6.22. The number of allylic oxidation sites excluding steroid dienone is 3. The largest absolute Gasteiger partial charge is 0.573 e. The summed E-state index contributed by atoms with van der Waals surface area (Å²) in [6.45, 7) is 1.14. The minimum absolute atomic E-state index is 0.0246. The number of Topliss-reactive ketones (excluding diaryl/α,β-unsaturated/α-hetero) is 4. The first-order chi connectivity index (χ1) is 21.1. The molecule has 0 radical (unpaired) electrons. The SMILES string of the molecule is CC(=O)C1=C(O)C2C(=O)C3=C(O)c4c(O)c(CCC(=O)Cc5ccc(OC(F)(F)F)cc5)cc(N(C)C)c4CC3CC2CC1=O. The number of phenols is 1. The summed E-state index contributed by atoms with van der Waals surface area (Å²) >= 11 is 0. The standard InChI is InChI=1S/C33H32F3NO8/c1-15(38)25-24(40)14-19-11-18-12-22-23(37(2)3)13-17(29(41)28(22)32(44)26(18)31(43)27(19)30(25)42)6-7-20(39)10-16-4-8-21(9-5-16)45-33(34,35)36/h4-5,8-9,13,18-19,27,41-42,44H,6-7,10-12,14H2,1-3H3. The lowest BCUT2D eigenvalue weighted by Gasteiger charge is -2.41. The van der Waals surface area contributed by atoms with Gasteiger partial charge < -0.3 is 25.0 Å². The van der Waals surface area contributed by atoms with Crippen LogP contribution in [0.15, 0.2) is 47.2 Å². The summed E-state index contributed by atoms with van der Waals surface area (Å²) in [7, 11) is 3.55. The van der Waals surface area contributed by atoms with Crippen LogP contribution in [0.1, 0.15) is 48.4 Å². The molecule has 45 heavy (non-hydrogen) atoms. The van der Waals surface area contributed by atoms with Gasteiger partial charge in [-0.25, -0.2) is 0 Å². The van der Waals surface area contributed by atoms with Crippen LogP contribution in [0, 0.1) is 17.8 Å². The molecule has 3 aliphatic rings. The van der Waals surface area contributed by atoms with Gasteiger partial charge in [0.2, 0.25) is 0 Å². The lowest BCUT2D eigenvalue weighted by molar-refractivity contribution is -0.274. The van der Waals surface area contributed by atoms with E-state index in [2.05, 4.69) is 4.74 Å². The van der Waals surface area contributed by atoms with Crippen LogP contribution in [0.5, 0.6) is 11.5 Å². The molecule has 0 aromatic heterocycles. The fourth-order valence-electron chi connectivity index (χ4n) is 6.85. The highest BCUT2D eigenvalue weighted by Crippen LogP contribution is 2.52. The Morgan fingerprint density at radius 1 is 1.04 bits per heavy atom. The van der Waals surface area contributed by atoms with Gasteiger partial charge in [0.1, 0.15) is 28.8 Å². The molecule has 3 atom stereocenters. The van der Waals surface area contributed by atoms with Crippen LogP contribution < -0.4 is 9.64 Å². The number of carbonyl (C=O) groups excluding carboxylic acids is 4. The van der Waals surface area contributed by atoms with Gasteiger partial charge in [-0.05, 0) is 72.9 Å². The molecule has 9 nitrogen and oxygen atoms in total. The van der Waals surface area contributed by atoms with E-state index in [0.717, 1.165) is 19.1 Å². The predicted molar refractivity (Wildman–Crippen MR) is 156 cm³/mol. The van der Waals surface area contributed by atoms with Crippen molar-refractivity contribution in [3.8, 4) is 11.5 Å². The number of ketones is 4. The second-order valence-corrected chi connectivity index (χ2v) is 12.0. The van der Waals surface area contributed by atoms with Crippen molar-refractivity contribution in [1.29, 1.82) is 0 Å². The number of nitrogens with zero attached hydrogens (tertiary/aromatic N) is 1. The Morgan fingerprint density at radius 2 is 1.71 bits per heavy atom. The summed E-state index contributed by atoms with van der Waals surface area (Å²) in [5.41, 5.74) is 1.77. The highest BCUT2D eigenvalue weighted by Gasteiger charge is 2.51. The third-order valence-electron chi connectivity index (χ3n) is 8.76. The molecule has 12 heteroatoms. The molecule has 0 spiro atoms. The Morgan fingerprint density at radius 3 is 2.31 bits per heavy atom. The number of aliphatic hydroxyl groups excluding tert-OH is 2. The zero-order valence-electron chi connectivity index (χ0n) is 24.8. The molecule has 0 saturated heterocycles. The summed E-state index contributed by atoms with van der Waals surface area (Å²) in [5, 5.41) is 33.7. The molecule has 5 rings (SSSR count). The van der Waals surface area contributed by atoms with Crippen molar-refractivity contribution in [2.45, 2.75) is 51.8 Å². The Hall–Kier alpha value is -4.61. The fraction of sp³-hybridized carbons (Fsp3) is 0.394. The Kier molecular flexibility index (Phi) is 8.28. The third kappa shape index (κ3) is 6.05. The number of rotatable bonds is 8. The van der Waals surface area contributed by atoms with Crippen LogP contribution in [0.3, 0.4) is 0 Å². The normalized spacial score (nSPS) is 21.2. The van der Waals surface area contributed by atoms with E-state index >= 15 is 0 Å². The summed E-state index contributed by atoms with van der Waals surface area (Å²) in [6.07, 6.45) is -4.33. The lowest BCUT2D eigenvalue weighted by Crippen LogP contribution is -2.43. The maximum absolute atomic E-state index is 13.8. The number of benzene rings is 2. The molecule has 1 saturated carbocycles. The van der Waals surface area contributed by atoms with Gasteiger partial charge in [0.15, 0.2) is 17.3 Å². The average Bonchev–Trinajstić information content (AvgIpc) is 2.92. The Labute approximate surface area is 256 Å². The summed E-state index contributed by atoms with van der Waals surface area (Å²) in [6, 6.07) is 6.68. The molecule has 0 aliphatic heterocycles. The number of anilines is 1. The minimum Gasteiger partial charge on any atom is -0.511 e. The highest BCUT2D eigenvalue weighted by atomic mass is 19.4. The summed E-state index contributed by atoms with van der Waals surface area (Å²) in [5.74, 6) is -5.87. The van der Waals surface area contributed by atoms with Crippen LogP contribution in [-0.4, -0.2) is 58.9 Å². The molecular formula is C33H32F3NO8. The van der Waals surface area contributed by atoms with Crippen molar-refractivity contribution in [2.75, 3.05) is 19.0 Å². The van der Waals surface area contributed by atoms with Gasteiger partial charge in [0.05, 0.1) is 17.1 Å². The molecule has 3 unspecified atom stereocenters. The number of aryl methyl sites for hydroxylation is 1. The number of aliphatic hydroxyl groups is 2. The number of hydrogen-bond acceptors (Lipinski definition) is 9. The molecule has 1 fully saturated rings. The van der Waals surface area contributed by atoms with Crippen LogP contribution in [-0.2, 0) is 38.4 Å². The van der Waals surface area contributed by atoms with E-state index in [0.29, 0.717) is 28.8 Å². The van der Waals surface area contributed by atoms with E-state index in [1.165, 1.54) is 12.1 Å². The van der Waals surface area contributed by atoms with Gasteiger partial charge in [-0.2, -0.15) is 0 Å². The first kappa shape index (κ1) is 31.8. The number of aromatic hydroxyl groups is 1. The molecular weight excluding hydrogens is 595 g/mol. The van der Waals surface area contributed by atoms with Gasteiger partial charge in [0.25, 0.3) is 0 Å². The smallest absolute Gasteiger partial charge is 0.511 e. The first-order valence-electron chi connectivity index (χ1n) is 14.4. The average molecular weight is 628 g/mol. The second-order valence-electron chi connectivity index (χ2n) is 12.0. The molecule has 2 aromatic rings. The number of carbonyl (C=O) groups is 4. The van der Waals surface area contributed by atoms with E-state index in [4.69, 9.17) is 0 Å².